The van der Waals surface area contributed by atoms with E-state index < -0.39 is 17.4 Å². The van der Waals surface area contributed by atoms with Crippen LogP contribution in [0.1, 0.15) is 6.92 Å². The highest BCUT2D eigenvalue weighted by molar-refractivity contribution is 7.74. The van der Waals surface area contributed by atoms with Crippen molar-refractivity contribution < 1.29 is 22.9 Å². The van der Waals surface area contributed by atoms with Gasteiger partial charge in [0.25, 0.3) is 0 Å². The van der Waals surface area contributed by atoms with Crippen LogP contribution in [0.5, 0.6) is 0 Å². The van der Waals surface area contributed by atoms with Gasteiger partial charge in [0.2, 0.25) is 0 Å². The molecule has 90 valence electrons. The Bertz CT molecular complexity index is 371. The molecule has 1 unspecified atom stereocenters. The molecule has 7 nitrogen and oxygen atoms in total. The molecule has 1 fully saturated rings. The molecule has 2 N–H and O–H groups in total. The maximum Gasteiger partial charge on any atom is 0.346 e. The van der Waals surface area contributed by atoms with Gasteiger partial charge in [-0.15, -0.1) is 4.28 Å². The maximum atomic E-state index is 11.8. The minimum absolute atomic E-state index is 0.175. The first-order chi connectivity index (χ1) is 7.54. The fourth-order valence-electron chi connectivity index (χ4n) is 2.01. The van der Waals surface area contributed by atoms with E-state index in [0.29, 0.717) is 6.54 Å². The van der Waals surface area contributed by atoms with Gasteiger partial charge < -0.3 is 10.0 Å². The van der Waals surface area contributed by atoms with Gasteiger partial charge in [0, 0.05) is 0 Å². The van der Waals surface area contributed by atoms with Gasteiger partial charge in [0.15, 0.2) is 0 Å². The van der Waals surface area contributed by atoms with Gasteiger partial charge >= 0.3 is 17.4 Å². The van der Waals surface area contributed by atoms with E-state index in [1.807, 2.05) is 0 Å². The lowest BCUT2D eigenvalue weighted by Gasteiger charge is -2.26. The third kappa shape index (κ3) is 1.73. The molecule has 0 saturated carbocycles. The van der Waals surface area contributed by atoms with Crippen LogP contribution in [-0.2, 0) is 15.6 Å². The van der Waals surface area contributed by atoms with Crippen LogP contribution in [0.15, 0.2) is 11.6 Å². The quantitative estimate of drug-likeness (QED) is 0.518. The lowest BCUT2D eigenvalue weighted by atomic mass is 10.0. The molecule has 16 heavy (non-hydrogen) atoms. The summed E-state index contributed by atoms with van der Waals surface area (Å²) in [6.07, 6.45) is 1.76. The predicted octanol–water partition coefficient (Wildman–Crippen LogP) is -0.518. The summed E-state index contributed by atoms with van der Waals surface area (Å²) < 4.78 is 23.7. The average molecular weight is 248 g/mol. The van der Waals surface area contributed by atoms with Crippen molar-refractivity contribution in [2.75, 3.05) is 13.2 Å². The summed E-state index contributed by atoms with van der Waals surface area (Å²) in [5.74, 6) is 0. The number of rotatable bonds is 3. The molecule has 8 heteroatoms. The Labute approximate surface area is 94.7 Å². The van der Waals surface area contributed by atoms with Crippen LogP contribution in [0.2, 0.25) is 0 Å². The zero-order chi connectivity index (χ0) is 11.9. The van der Waals surface area contributed by atoms with E-state index in [2.05, 4.69) is 4.28 Å². The monoisotopic (exact) mass is 248 g/mol. The van der Waals surface area contributed by atoms with Gasteiger partial charge in [-0.2, -0.15) is 9.27 Å². The molecular weight excluding hydrogens is 236 g/mol. The van der Waals surface area contributed by atoms with E-state index in [1.165, 1.54) is 4.90 Å². The number of urea groups is 1. The van der Waals surface area contributed by atoms with Gasteiger partial charge in [-0.25, -0.2) is 4.79 Å². The number of hydrogen-bond donors (Lipinski definition) is 2. The second-order valence-corrected chi connectivity index (χ2v) is 4.31. The summed E-state index contributed by atoms with van der Waals surface area (Å²) in [6.45, 7) is 1.98. The number of amides is 2. The summed E-state index contributed by atoms with van der Waals surface area (Å²) in [6, 6.07) is -1.24. The van der Waals surface area contributed by atoms with E-state index >= 15 is 0 Å². The normalized spacial score (nSPS) is 30.7. The van der Waals surface area contributed by atoms with Crippen molar-refractivity contribution in [2.24, 2.45) is 0 Å². The summed E-state index contributed by atoms with van der Waals surface area (Å²) in [7, 11) is 0. The van der Waals surface area contributed by atoms with Crippen LogP contribution in [0.25, 0.3) is 0 Å². The van der Waals surface area contributed by atoms with Crippen molar-refractivity contribution in [2.45, 2.75) is 19.0 Å². The zero-order valence-electron chi connectivity index (χ0n) is 8.57. The van der Waals surface area contributed by atoms with Gasteiger partial charge in [-0.1, -0.05) is 6.08 Å². The minimum Gasteiger partial charge on any atom is -0.394 e. The molecule has 0 aromatic carbocycles. The molecule has 2 heterocycles. The Balaban J connectivity index is 2.25. The second kappa shape index (κ2) is 4.13. The van der Waals surface area contributed by atoms with Gasteiger partial charge in [0.05, 0.1) is 19.2 Å². The molecule has 0 aromatic rings. The van der Waals surface area contributed by atoms with Crippen molar-refractivity contribution in [1.29, 1.82) is 0 Å². The number of aliphatic hydroxyl groups is 1. The van der Waals surface area contributed by atoms with Crippen LogP contribution >= 0.6 is 0 Å². The summed E-state index contributed by atoms with van der Waals surface area (Å²) in [5, 5.41) is 9.99. The molecule has 0 spiro atoms. The molecule has 2 rings (SSSR count). The zero-order valence-corrected chi connectivity index (χ0v) is 9.38. The first kappa shape index (κ1) is 11.5. The van der Waals surface area contributed by atoms with Crippen LogP contribution < -0.4 is 0 Å². The molecule has 3 atom stereocenters. The molecule has 0 aliphatic carbocycles. The molecule has 2 amide bonds. The number of aliphatic hydroxyl groups excluding tert-OH is 1. The number of hydroxylamine groups is 2. The third-order valence-electron chi connectivity index (χ3n) is 2.80. The van der Waals surface area contributed by atoms with E-state index in [1.54, 1.807) is 13.0 Å². The van der Waals surface area contributed by atoms with Crippen molar-refractivity contribution in [3.63, 3.8) is 0 Å². The van der Waals surface area contributed by atoms with Crippen molar-refractivity contribution in [3.05, 3.63) is 11.6 Å². The van der Waals surface area contributed by atoms with E-state index in [9.17, 15) is 9.00 Å². The first-order valence-corrected chi connectivity index (χ1v) is 5.76. The summed E-state index contributed by atoms with van der Waals surface area (Å²) >= 11 is -2.52. The minimum atomic E-state index is -2.52. The van der Waals surface area contributed by atoms with Crippen LogP contribution in [0.4, 0.5) is 4.79 Å². The summed E-state index contributed by atoms with van der Waals surface area (Å²) in [4.78, 5) is 13.2. The van der Waals surface area contributed by atoms with Gasteiger partial charge in [0.1, 0.15) is 6.04 Å². The average Bonchev–Trinajstić information content (AvgIpc) is 2.49. The molecular formula is C8H12N2O5S. The largest absolute Gasteiger partial charge is 0.394 e. The molecule has 0 radical (unpaired) electrons. The van der Waals surface area contributed by atoms with Gasteiger partial charge in [-0.3, -0.25) is 4.55 Å². The highest BCUT2D eigenvalue weighted by atomic mass is 32.2. The standard InChI is InChI=1S/C8H12N2O5S/c1-5-2-6(4-11)9-3-7(5)10(8(9)12)15-16(13)14/h2,6-7,11H,3-4H2,1H3,(H,13,14)/t6-,7-/m0/s1. The first-order valence-electron chi connectivity index (χ1n) is 4.73. The highest BCUT2D eigenvalue weighted by Crippen LogP contribution is 2.29. The van der Waals surface area contributed by atoms with Crippen LogP contribution in [-0.4, -0.2) is 55.1 Å². The molecule has 1 saturated heterocycles. The second-order valence-electron chi connectivity index (χ2n) is 3.73. The Morgan fingerprint density at radius 1 is 1.69 bits per heavy atom. The lowest BCUT2D eigenvalue weighted by Crippen LogP contribution is -2.40. The fourth-order valence-corrected chi connectivity index (χ4v) is 2.32. The molecule has 2 aliphatic heterocycles. The number of carbonyl (C=O) groups is 1. The predicted molar refractivity (Wildman–Crippen MR) is 54.2 cm³/mol. The van der Waals surface area contributed by atoms with Crippen molar-refractivity contribution >= 4 is 17.4 Å². The molecule has 0 aromatic heterocycles. The highest BCUT2D eigenvalue weighted by Gasteiger charge is 2.46. The van der Waals surface area contributed by atoms with Crippen molar-refractivity contribution in [3.8, 4) is 0 Å². The van der Waals surface area contributed by atoms with E-state index in [4.69, 9.17) is 9.66 Å². The molecule has 2 aliphatic rings. The summed E-state index contributed by atoms with van der Waals surface area (Å²) in [5.41, 5.74) is 0.839. The SMILES string of the molecule is CC1=C[C@@H](CO)N2C[C@@H]1N(OS(=O)O)C2=O. The topological polar surface area (TPSA) is 90.3 Å². The fraction of sp³-hybridized carbons (Fsp3) is 0.625. The maximum absolute atomic E-state index is 11.8. The van der Waals surface area contributed by atoms with Crippen LogP contribution in [0, 0.1) is 0 Å². The van der Waals surface area contributed by atoms with E-state index in [-0.39, 0.29) is 18.7 Å². The Morgan fingerprint density at radius 3 is 2.94 bits per heavy atom. The third-order valence-corrected chi connectivity index (χ3v) is 3.09. The number of fused-ring (bicyclic) bond motifs is 2. The Kier molecular flexibility index (Phi) is 2.98. The number of nitrogens with zero attached hydrogens (tertiary/aromatic N) is 2. The smallest absolute Gasteiger partial charge is 0.346 e. The van der Waals surface area contributed by atoms with Crippen molar-refractivity contribution in [1.82, 2.24) is 9.96 Å². The number of carbonyl (C=O) groups excluding carboxylic acids is 1. The lowest BCUT2D eigenvalue weighted by molar-refractivity contribution is -0.0121. The number of hydrogen-bond acceptors (Lipinski definition) is 4. The van der Waals surface area contributed by atoms with Crippen LogP contribution in [0.3, 0.4) is 0 Å². The van der Waals surface area contributed by atoms with E-state index in [0.717, 1.165) is 10.6 Å². The molecule has 2 bridgehead atoms. The Hall–Kier alpha value is -0.960. The van der Waals surface area contributed by atoms with Gasteiger partial charge in [-0.05, 0) is 12.5 Å². The Morgan fingerprint density at radius 2 is 2.38 bits per heavy atom.